The van der Waals surface area contributed by atoms with Crippen molar-refractivity contribution in [1.29, 1.82) is 0 Å². The molecule has 1 amide bonds. The second-order valence-electron chi connectivity index (χ2n) is 6.85. The molecule has 23 heavy (non-hydrogen) atoms. The van der Waals surface area contributed by atoms with Crippen LogP contribution >= 0.6 is 0 Å². The van der Waals surface area contributed by atoms with Gasteiger partial charge in [0, 0.05) is 13.1 Å². The number of rotatable bonds is 2. The Kier molecular flexibility index (Phi) is 5.39. The molecule has 2 heterocycles. The third-order valence-electron chi connectivity index (χ3n) is 3.92. The Balaban J connectivity index is 1.97. The number of allylic oxidation sites excluding steroid dienone is 2. The first kappa shape index (κ1) is 17.4. The number of piperidine rings is 1. The Morgan fingerprint density at radius 2 is 2.00 bits per heavy atom. The van der Waals surface area contributed by atoms with E-state index in [9.17, 15) is 9.18 Å². The predicted molar refractivity (Wildman–Crippen MR) is 88.4 cm³/mol. The molecule has 1 saturated heterocycles. The zero-order valence-corrected chi connectivity index (χ0v) is 14.3. The molecule has 4 nitrogen and oxygen atoms in total. The number of ether oxygens (including phenoxy) is 1. The predicted octanol–water partition coefficient (Wildman–Crippen LogP) is 4.27. The number of halogens is 1. The van der Waals surface area contributed by atoms with Gasteiger partial charge in [0.15, 0.2) is 0 Å². The standard InChI is InChI=1S/C18H25FN2O2/c1-5-15(16-7-6-14(19)12-20-16)13-8-10-21(11-9-13)17(22)23-18(2,3)4/h5-7,12-13H,8-11H2,1-4H3/b15-5+. The van der Waals surface area contributed by atoms with Crippen molar-refractivity contribution in [3.63, 3.8) is 0 Å². The van der Waals surface area contributed by atoms with Gasteiger partial charge in [0.1, 0.15) is 11.4 Å². The summed E-state index contributed by atoms with van der Waals surface area (Å²) >= 11 is 0. The Bertz CT molecular complexity index is 568. The first-order valence-corrected chi connectivity index (χ1v) is 8.06. The monoisotopic (exact) mass is 320 g/mol. The van der Waals surface area contributed by atoms with E-state index < -0.39 is 5.60 Å². The Labute approximate surface area is 137 Å². The van der Waals surface area contributed by atoms with Gasteiger partial charge in [0.05, 0.1) is 11.9 Å². The summed E-state index contributed by atoms with van der Waals surface area (Å²) < 4.78 is 18.4. The third-order valence-corrected chi connectivity index (χ3v) is 3.92. The maximum Gasteiger partial charge on any atom is 0.410 e. The summed E-state index contributed by atoms with van der Waals surface area (Å²) in [5.74, 6) is 0.000552. The highest BCUT2D eigenvalue weighted by atomic mass is 19.1. The average Bonchev–Trinajstić information content (AvgIpc) is 2.49. The van der Waals surface area contributed by atoms with Crippen LogP contribution in [0.2, 0.25) is 0 Å². The molecule has 0 aromatic carbocycles. The molecular formula is C18H25FN2O2. The number of amides is 1. The molecule has 0 saturated carbocycles. The summed E-state index contributed by atoms with van der Waals surface area (Å²) in [6.45, 7) is 8.91. The number of hydrogen-bond donors (Lipinski definition) is 0. The molecule has 0 N–H and O–H groups in total. The van der Waals surface area contributed by atoms with Crippen LogP contribution in [0.15, 0.2) is 24.4 Å². The highest BCUT2D eigenvalue weighted by Crippen LogP contribution is 2.31. The zero-order valence-electron chi connectivity index (χ0n) is 14.3. The van der Waals surface area contributed by atoms with E-state index in [0.29, 0.717) is 19.0 Å². The van der Waals surface area contributed by atoms with Crippen molar-refractivity contribution in [3.8, 4) is 0 Å². The van der Waals surface area contributed by atoms with Crippen LogP contribution in [0.5, 0.6) is 0 Å². The fourth-order valence-electron chi connectivity index (χ4n) is 2.84. The smallest absolute Gasteiger partial charge is 0.410 e. The molecule has 0 unspecified atom stereocenters. The fraction of sp³-hybridized carbons (Fsp3) is 0.556. The average molecular weight is 320 g/mol. The molecule has 0 spiro atoms. The van der Waals surface area contributed by atoms with E-state index in [-0.39, 0.29) is 11.9 Å². The van der Waals surface area contributed by atoms with E-state index in [2.05, 4.69) is 4.98 Å². The van der Waals surface area contributed by atoms with Gasteiger partial charge in [-0.15, -0.1) is 0 Å². The van der Waals surface area contributed by atoms with Crippen LogP contribution in [0.25, 0.3) is 5.57 Å². The molecule has 1 fully saturated rings. The van der Waals surface area contributed by atoms with Crippen molar-refractivity contribution in [2.45, 2.75) is 46.1 Å². The lowest BCUT2D eigenvalue weighted by Crippen LogP contribution is -2.41. The molecule has 0 bridgehead atoms. The van der Waals surface area contributed by atoms with E-state index in [1.54, 1.807) is 11.0 Å². The molecule has 0 radical (unpaired) electrons. The van der Waals surface area contributed by atoms with Crippen LogP contribution in [-0.2, 0) is 4.74 Å². The van der Waals surface area contributed by atoms with Crippen LogP contribution < -0.4 is 0 Å². The summed E-state index contributed by atoms with van der Waals surface area (Å²) in [6.07, 6.45) is 4.75. The first-order chi connectivity index (χ1) is 10.8. The van der Waals surface area contributed by atoms with E-state index in [0.717, 1.165) is 24.1 Å². The van der Waals surface area contributed by atoms with Gasteiger partial charge in [-0.3, -0.25) is 4.98 Å². The van der Waals surface area contributed by atoms with Gasteiger partial charge in [-0.2, -0.15) is 0 Å². The highest BCUT2D eigenvalue weighted by molar-refractivity contribution is 5.69. The maximum absolute atomic E-state index is 13.0. The van der Waals surface area contributed by atoms with E-state index in [1.165, 1.54) is 12.3 Å². The normalized spacial score (nSPS) is 17.3. The Morgan fingerprint density at radius 3 is 2.48 bits per heavy atom. The van der Waals surface area contributed by atoms with Crippen LogP contribution in [0.3, 0.4) is 0 Å². The number of pyridine rings is 1. The molecule has 0 atom stereocenters. The van der Waals surface area contributed by atoms with Gasteiger partial charge < -0.3 is 9.64 Å². The van der Waals surface area contributed by atoms with Gasteiger partial charge in [-0.25, -0.2) is 9.18 Å². The second-order valence-corrected chi connectivity index (χ2v) is 6.85. The molecular weight excluding hydrogens is 295 g/mol. The van der Waals surface area contributed by atoms with Crippen LogP contribution in [0.4, 0.5) is 9.18 Å². The lowest BCUT2D eigenvalue weighted by molar-refractivity contribution is 0.0199. The summed E-state index contributed by atoms with van der Waals surface area (Å²) in [5, 5.41) is 0. The summed E-state index contributed by atoms with van der Waals surface area (Å²) in [6, 6.07) is 3.15. The molecule has 126 valence electrons. The highest BCUT2D eigenvalue weighted by Gasteiger charge is 2.28. The van der Waals surface area contributed by atoms with E-state index >= 15 is 0 Å². The van der Waals surface area contributed by atoms with Crippen molar-refractivity contribution < 1.29 is 13.9 Å². The van der Waals surface area contributed by atoms with Gasteiger partial charge in [-0.05, 0) is 64.2 Å². The van der Waals surface area contributed by atoms with Crippen molar-refractivity contribution in [3.05, 3.63) is 35.9 Å². The molecule has 5 heteroatoms. The summed E-state index contributed by atoms with van der Waals surface area (Å²) in [4.78, 5) is 18.0. The largest absolute Gasteiger partial charge is 0.444 e. The Morgan fingerprint density at radius 1 is 1.35 bits per heavy atom. The van der Waals surface area contributed by atoms with Gasteiger partial charge in [0.25, 0.3) is 0 Å². The first-order valence-electron chi connectivity index (χ1n) is 8.06. The van der Waals surface area contributed by atoms with Crippen molar-refractivity contribution in [2.24, 2.45) is 5.92 Å². The van der Waals surface area contributed by atoms with Crippen LogP contribution in [0.1, 0.15) is 46.2 Å². The van der Waals surface area contributed by atoms with Gasteiger partial charge >= 0.3 is 6.09 Å². The summed E-state index contributed by atoms with van der Waals surface area (Å²) in [7, 11) is 0. The fourth-order valence-corrected chi connectivity index (χ4v) is 2.84. The third kappa shape index (κ3) is 4.78. The lowest BCUT2D eigenvalue weighted by Gasteiger charge is -2.34. The molecule has 1 aromatic heterocycles. The van der Waals surface area contributed by atoms with Gasteiger partial charge in [0.2, 0.25) is 0 Å². The SMILES string of the molecule is C/C=C(/c1ccc(F)cn1)C1CCN(C(=O)OC(C)(C)C)CC1. The minimum absolute atomic E-state index is 0.252. The second kappa shape index (κ2) is 7.11. The Hall–Kier alpha value is -1.91. The molecule has 1 aliphatic rings. The van der Waals surface area contributed by atoms with Crippen molar-refractivity contribution >= 4 is 11.7 Å². The van der Waals surface area contributed by atoms with Crippen molar-refractivity contribution in [1.82, 2.24) is 9.88 Å². The minimum atomic E-state index is -0.472. The van der Waals surface area contributed by atoms with E-state index in [4.69, 9.17) is 4.74 Å². The quantitative estimate of drug-likeness (QED) is 0.817. The van der Waals surface area contributed by atoms with Crippen LogP contribution in [0, 0.1) is 11.7 Å². The molecule has 1 aliphatic heterocycles. The number of carbonyl (C=O) groups is 1. The number of likely N-dealkylation sites (tertiary alicyclic amines) is 1. The lowest BCUT2D eigenvalue weighted by atomic mass is 9.87. The summed E-state index contributed by atoms with van der Waals surface area (Å²) in [5.41, 5.74) is 1.46. The molecule has 0 aliphatic carbocycles. The zero-order chi connectivity index (χ0) is 17.0. The number of hydrogen-bond acceptors (Lipinski definition) is 3. The topological polar surface area (TPSA) is 42.4 Å². The van der Waals surface area contributed by atoms with Crippen LogP contribution in [-0.4, -0.2) is 34.7 Å². The number of aromatic nitrogens is 1. The van der Waals surface area contributed by atoms with Crippen molar-refractivity contribution in [2.75, 3.05) is 13.1 Å². The minimum Gasteiger partial charge on any atom is -0.444 e. The van der Waals surface area contributed by atoms with Gasteiger partial charge in [-0.1, -0.05) is 6.08 Å². The molecule has 1 aromatic rings. The molecule has 2 rings (SSSR count). The number of carbonyl (C=O) groups excluding carboxylic acids is 1. The number of nitrogens with zero attached hydrogens (tertiary/aromatic N) is 2. The van der Waals surface area contributed by atoms with E-state index in [1.807, 2.05) is 33.8 Å². The maximum atomic E-state index is 13.0.